The maximum atomic E-state index is 13.6. The molecule has 1 aromatic heterocycles. The van der Waals surface area contributed by atoms with Gasteiger partial charge in [-0.05, 0) is 73.9 Å². The number of rotatable bonds is 12. The van der Waals surface area contributed by atoms with Gasteiger partial charge in [-0.25, -0.2) is 9.98 Å². The summed E-state index contributed by atoms with van der Waals surface area (Å²) in [6, 6.07) is 11.9. The fourth-order valence-electron chi connectivity index (χ4n) is 5.02. The summed E-state index contributed by atoms with van der Waals surface area (Å²) in [6.07, 6.45) is 14.8. The molecule has 2 heterocycles. The zero-order chi connectivity index (χ0) is 26.7. The SMILES string of the molecule is CCCCCCCCOc1ccc(/C=C2\S/C(=N/c3cccc(C)n3)N(C3CCCCC3)C2=O)cc1OC. The number of hydrogen-bond donors (Lipinski definition) is 0. The van der Waals surface area contributed by atoms with E-state index in [0.29, 0.717) is 23.1 Å². The first-order valence-corrected chi connectivity index (χ1v) is 15.0. The number of carbonyl (C=O) groups excluding carboxylic acids is 1. The Labute approximate surface area is 231 Å². The zero-order valence-corrected chi connectivity index (χ0v) is 23.9. The summed E-state index contributed by atoms with van der Waals surface area (Å²) in [4.78, 5) is 25.6. The summed E-state index contributed by atoms with van der Waals surface area (Å²) in [5.41, 5.74) is 1.81. The molecular formula is C31H41N3O3S. The Balaban J connectivity index is 1.50. The van der Waals surface area contributed by atoms with Crippen molar-refractivity contribution in [2.45, 2.75) is 90.5 Å². The number of aryl methyl sites for hydroxylation is 1. The lowest BCUT2D eigenvalue weighted by molar-refractivity contribution is -0.124. The molecular weight excluding hydrogens is 494 g/mol. The quantitative estimate of drug-likeness (QED) is 0.203. The fraction of sp³-hybridized carbons (Fsp3) is 0.516. The van der Waals surface area contributed by atoms with Crippen LogP contribution in [0.15, 0.2) is 46.3 Å². The number of benzene rings is 1. The van der Waals surface area contributed by atoms with Crippen molar-refractivity contribution in [1.29, 1.82) is 0 Å². The molecule has 1 aliphatic carbocycles. The van der Waals surface area contributed by atoms with Gasteiger partial charge in [0.1, 0.15) is 0 Å². The Bertz CT molecular complexity index is 1140. The lowest BCUT2D eigenvalue weighted by Crippen LogP contribution is -2.40. The van der Waals surface area contributed by atoms with Gasteiger partial charge in [-0.2, -0.15) is 0 Å². The number of ether oxygens (including phenoxy) is 2. The summed E-state index contributed by atoms with van der Waals surface area (Å²) in [7, 11) is 1.66. The standard InChI is InChI=1S/C31H41N3O3S/c1-4-5-6-7-8-12-20-37-26-19-18-24(21-27(26)36-3)22-28-30(35)34(25-15-10-9-11-16-25)31(38-28)33-29-17-13-14-23(2)32-29/h13-14,17-19,21-22,25H,4-12,15-16,20H2,1-3H3/b28-22-,33-31+. The second-order valence-corrected chi connectivity index (χ2v) is 11.1. The summed E-state index contributed by atoms with van der Waals surface area (Å²) in [6.45, 7) is 4.87. The van der Waals surface area contributed by atoms with E-state index in [1.807, 2.05) is 54.3 Å². The maximum absolute atomic E-state index is 13.6. The van der Waals surface area contributed by atoms with Crippen molar-refractivity contribution < 1.29 is 14.3 Å². The average molecular weight is 536 g/mol. The predicted molar refractivity (Wildman–Crippen MR) is 157 cm³/mol. The van der Waals surface area contributed by atoms with E-state index >= 15 is 0 Å². The van der Waals surface area contributed by atoms with Crippen LogP contribution in [0.25, 0.3) is 6.08 Å². The number of thioether (sulfide) groups is 1. The molecule has 2 aromatic rings. The number of unbranched alkanes of at least 4 members (excludes halogenated alkanes) is 5. The summed E-state index contributed by atoms with van der Waals surface area (Å²) in [5.74, 6) is 2.08. The van der Waals surface area contributed by atoms with E-state index in [1.54, 1.807) is 7.11 Å². The van der Waals surface area contributed by atoms with Gasteiger partial charge in [0.25, 0.3) is 5.91 Å². The number of pyridine rings is 1. The van der Waals surface area contributed by atoms with Crippen LogP contribution >= 0.6 is 11.8 Å². The minimum atomic E-state index is 0.0238. The summed E-state index contributed by atoms with van der Waals surface area (Å²) in [5, 5.41) is 0.720. The molecule has 0 N–H and O–H groups in total. The molecule has 1 saturated heterocycles. The van der Waals surface area contributed by atoms with Crippen molar-refractivity contribution in [2.24, 2.45) is 4.99 Å². The van der Waals surface area contributed by atoms with Crippen molar-refractivity contribution in [3.63, 3.8) is 0 Å². The molecule has 0 bridgehead atoms. The smallest absolute Gasteiger partial charge is 0.267 e. The zero-order valence-electron chi connectivity index (χ0n) is 23.1. The van der Waals surface area contributed by atoms with Crippen LogP contribution in [-0.2, 0) is 4.79 Å². The summed E-state index contributed by atoms with van der Waals surface area (Å²) < 4.78 is 11.6. The van der Waals surface area contributed by atoms with Crippen LogP contribution in [0.2, 0.25) is 0 Å². The number of methoxy groups -OCH3 is 1. The Kier molecular flexibility index (Phi) is 10.7. The van der Waals surface area contributed by atoms with Crippen molar-refractivity contribution in [2.75, 3.05) is 13.7 Å². The Morgan fingerprint density at radius 1 is 1.05 bits per heavy atom. The molecule has 0 spiro atoms. The Morgan fingerprint density at radius 2 is 1.84 bits per heavy atom. The molecule has 0 radical (unpaired) electrons. The third-order valence-corrected chi connectivity index (χ3v) is 8.08. The molecule has 204 valence electrons. The first-order valence-electron chi connectivity index (χ1n) is 14.2. The minimum Gasteiger partial charge on any atom is -0.493 e. The second-order valence-electron chi connectivity index (χ2n) is 10.1. The number of carbonyl (C=O) groups is 1. The van der Waals surface area contributed by atoms with Crippen LogP contribution in [0.3, 0.4) is 0 Å². The third kappa shape index (κ3) is 7.62. The van der Waals surface area contributed by atoms with Gasteiger partial charge < -0.3 is 9.47 Å². The maximum Gasteiger partial charge on any atom is 0.267 e. The Morgan fingerprint density at radius 3 is 2.61 bits per heavy atom. The lowest BCUT2D eigenvalue weighted by atomic mass is 9.94. The van der Waals surface area contributed by atoms with Crippen LogP contribution in [0.4, 0.5) is 5.82 Å². The van der Waals surface area contributed by atoms with Gasteiger partial charge in [-0.1, -0.05) is 70.4 Å². The molecule has 2 aliphatic rings. The van der Waals surface area contributed by atoms with E-state index in [-0.39, 0.29) is 11.9 Å². The molecule has 0 atom stereocenters. The highest BCUT2D eigenvalue weighted by Crippen LogP contribution is 2.39. The van der Waals surface area contributed by atoms with Crippen molar-refractivity contribution >= 4 is 34.7 Å². The molecule has 1 saturated carbocycles. The van der Waals surface area contributed by atoms with E-state index in [9.17, 15) is 4.79 Å². The third-order valence-electron chi connectivity index (χ3n) is 7.10. The van der Waals surface area contributed by atoms with Gasteiger partial charge in [0.15, 0.2) is 22.5 Å². The van der Waals surface area contributed by atoms with Gasteiger partial charge in [0.05, 0.1) is 18.6 Å². The van der Waals surface area contributed by atoms with Gasteiger partial charge in [-0.3, -0.25) is 9.69 Å². The predicted octanol–water partition coefficient (Wildman–Crippen LogP) is 8.07. The molecule has 38 heavy (non-hydrogen) atoms. The van der Waals surface area contributed by atoms with Crippen LogP contribution in [0.1, 0.15) is 88.8 Å². The lowest BCUT2D eigenvalue weighted by Gasteiger charge is -2.30. The molecule has 4 rings (SSSR count). The highest BCUT2D eigenvalue weighted by Gasteiger charge is 2.38. The highest BCUT2D eigenvalue weighted by molar-refractivity contribution is 8.18. The second kappa shape index (κ2) is 14.4. The van der Waals surface area contributed by atoms with Gasteiger partial charge in [0.2, 0.25) is 0 Å². The van der Waals surface area contributed by atoms with Crippen molar-refractivity contribution in [1.82, 2.24) is 9.88 Å². The molecule has 2 fully saturated rings. The van der Waals surface area contributed by atoms with Crippen molar-refractivity contribution in [3.8, 4) is 11.5 Å². The first kappa shape index (κ1) is 28.2. The molecule has 1 aliphatic heterocycles. The molecule has 0 unspecified atom stereocenters. The average Bonchev–Trinajstić information content (AvgIpc) is 3.23. The van der Waals surface area contributed by atoms with E-state index in [1.165, 1.54) is 50.3 Å². The molecule has 7 heteroatoms. The van der Waals surface area contributed by atoms with E-state index in [0.717, 1.165) is 54.3 Å². The topological polar surface area (TPSA) is 64.0 Å². The number of aliphatic imine (C=N–C) groups is 1. The monoisotopic (exact) mass is 535 g/mol. The van der Waals surface area contributed by atoms with E-state index in [2.05, 4.69) is 11.9 Å². The van der Waals surface area contributed by atoms with Gasteiger partial charge in [0, 0.05) is 11.7 Å². The van der Waals surface area contributed by atoms with Crippen LogP contribution < -0.4 is 9.47 Å². The van der Waals surface area contributed by atoms with E-state index < -0.39 is 0 Å². The molecule has 1 aromatic carbocycles. The largest absolute Gasteiger partial charge is 0.493 e. The van der Waals surface area contributed by atoms with E-state index in [4.69, 9.17) is 14.5 Å². The number of aromatic nitrogens is 1. The molecule has 6 nitrogen and oxygen atoms in total. The van der Waals surface area contributed by atoms with Gasteiger partial charge >= 0.3 is 0 Å². The van der Waals surface area contributed by atoms with Gasteiger partial charge in [-0.15, -0.1) is 0 Å². The number of nitrogens with zero attached hydrogens (tertiary/aromatic N) is 3. The number of amidine groups is 1. The van der Waals surface area contributed by atoms with Crippen molar-refractivity contribution in [3.05, 3.63) is 52.6 Å². The number of hydrogen-bond acceptors (Lipinski definition) is 6. The van der Waals surface area contributed by atoms with Crippen LogP contribution in [-0.4, -0.2) is 40.7 Å². The normalized spacial score (nSPS) is 18.5. The minimum absolute atomic E-state index is 0.0238. The number of amides is 1. The van der Waals surface area contributed by atoms with Crippen LogP contribution in [0.5, 0.6) is 11.5 Å². The highest BCUT2D eigenvalue weighted by atomic mass is 32.2. The first-order chi connectivity index (χ1) is 18.6. The summed E-state index contributed by atoms with van der Waals surface area (Å²) >= 11 is 1.43. The molecule has 1 amide bonds. The Hall–Kier alpha value is -2.80. The fourth-order valence-corrected chi connectivity index (χ4v) is 6.07. The van der Waals surface area contributed by atoms with Crippen LogP contribution in [0, 0.1) is 6.92 Å².